The Morgan fingerprint density at radius 3 is 1.38 bits per heavy atom. The summed E-state index contributed by atoms with van der Waals surface area (Å²) in [5.74, 6) is 1.94. The molecule has 0 radical (unpaired) electrons. The van der Waals surface area contributed by atoms with Crippen LogP contribution in [0.1, 0.15) is 40.5 Å². The largest absolute Gasteiger partial charge is 0.147 e. The van der Waals surface area contributed by atoms with Gasteiger partial charge < -0.3 is 0 Å². The number of halogens is 2. The van der Waals surface area contributed by atoms with Gasteiger partial charge in [0.1, 0.15) is 0 Å². The number of hydrogen-bond acceptors (Lipinski definition) is 4. The van der Waals surface area contributed by atoms with Gasteiger partial charge in [0.2, 0.25) is 0 Å². The fourth-order valence-corrected chi connectivity index (χ4v) is 13.0. The second kappa shape index (κ2) is 13.4. The molecule has 2 unspecified atom stereocenters. The second-order valence-electron chi connectivity index (χ2n) is 10.2. The summed E-state index contributed by atoms with van der Waals surface area (Å²) in [7, 11) is -3.22. The van der Waals surface area contributed by atoms with E-state index in [0.29, 0.717) is 0 Å². The average molecular weight is 601 g/mol. The third-order valence-electron chi connectivity index (χ3n) is 4.46. The SMILES string of the molecule is C[C](C)=[Zr]([C]1=CC(OC(C)O[Si](C)(C)C)=CC1)[C]1=CC(OC(C)O[Si](C)(C)C)=CC1.Cl.Cl. The maximum absolute atomic E-state index is 6.08. The molecule has 2 aliphatic carbocycles. The third kappa shape index (κ3) is 11.1. The summed E-state index contributed by atoms with van der Waals surface area (Å²) >= 11 is -2.04. The fourth-order valence-electron chi connectivity index (χ4n) is 3.79. The molecule has 2 atom stereocenters. The van der Waals surface area contributed by atoms with Crippen molar-refractivity contribution < 1.29 is 39.6 Å². The van der Waals surface area contributed by atoms with Crippen LogP contribution in [-0.4, -0.2) is 32.4 Å². The molecule has 0 aromatic heterocycles. The van der Waals surface area contributed by atoms with Crippen LogP contribution in [0.4, 0.5) is 0 Å². The summed E-state index contributed by atoms with van der Waals surface area (Å²) in [4.78, 5) is 0. The van der Waals surface area contributed by atoms with Crippen molar-refractivity contribution in [2.75, 3.05) is 0 Å². The zero-order chi connectivity index (χ0) is 22.7. The third-order valence-corrected chi connectivity index (χ3v) is 13.9. The average Bonchev–Trinajstić information content (AvgIpc) is 3.13. The van der Waals surface area contributed by atoms with E-state index in [1.54, 1.807) is 9.77 Å². The molecule has 0 heterocycles. The topological polar surface area (TPSA) is 36.9 Å². The van der Waals surface area contributed by atoms with E-state index in [0.717, 1.165) is 24.4 Å². The van der Waals surface area contributed by atoms with E-state index >= 15 is 0 Å². The molecule has 0 amide bonds. The van der Waals surface area contributed by atoms with Gasteiger partial charge in [-0.05, 0) is 0 Å². The molecule has 184 valence electrons. The number of allylic oxidation sites excluding steroid dienone is 6. The molecule has 9 heteroatoms. The van der Waals surface area contributed by atoms with E-state index < -0.39 is 37.9 Å². The Morgan fingerprint density at radius 2 is 1.09 bits per heavy atom. The van der Waals surface area contributed by atoms with Gasteiger partial charge >= 0.3 is 194 Å². The van der Waals surface area contributed by atoms with Gasteiger partial charge in [0, 0.05) is 0 Å². The number of hydrogen-bond donors (Lipinski definition) is 0. The van der Waals surface area contributed by atoms with E-state index in [1.807, 2.05) is 13.8 Å². The molecule has 4 nitrogen and oxygen atoms in total. The zero-order valence-corrected chi connectivity index (χ0v) is 27.4. The second-order valence-corrected chi connectivity index (χ2v) is 26.5. The van der Waals surface area contributed by atoms with Crippen molar-refractivity contribution in [1.29, 1.82) is 0 Å². The molecule has 0 aliphatic heterocycles. The van der Waals surface area contributed by atoms with Crippen LogP contribution in [0.2, 0.25) is 39.3 Å². The Balaban J connectivity index is 0.00000480. The van der Waals surface area contributed by atoms with E-state index in [-0.39, 0.29) is 37.4 Å². The first-order valence-corrected chi connectivity index (χ1v) is 21.4. The number of rotatable bonds is 10. The fraction of sp³-hybridized carbons (Fsp3) is 0.609. The maximum Gasteiger partial charge on any atom is -0.147 e. The Labute approximate surface area is 217 Å². The molecule has 0 fully saturated rings. The molecular formula is C23H42Cl2O4Si2Zr. The standard InChI is InChI=1S/2C10H17O2Si.C3H6.2ClH.Zr/c2*1-9(12-13(2,3)4)11-10-7-5-6-8-10;1-3-2;;;/h2*7-9H,5H2,1-4H3;1-2H3;2*1H;. The van der Waals surface area contributed by atoms with Crippen LogP contribution >= 0.6 is 24.8 Å². The van der Waals surface area contributed by atoms with Crippen molar-refractivity contribution >= 4 is 44.7 Å². The van der Waals surface area contributed by atoms with E-state index in [2.05, 4.69) is 77.4 Å². The Morgan fingerprint density at radius 1 is 0.750 bits per heavy atom. The minimum Gasteiger partial charge on any atom is -0.147 e. The van der Waals surface area contributed by atoms with Gasteiger partial charge in [-0.3, -0.25) is 0 Å². The predicted octanol–water partition coefficient (Wildman–Crippen LogP) is 7.43. The van der Waals surface area contributed by atoms with Crippen LogP contribution in [0.5, 0.6) is 0 Å². The van der Waals surface area contributed by atoms with E-state index in [1.165, 1.54) is 0 Å². The molecule has 2 aliphatic rings. The van der Waals surface area contributed by atoms with Crippen LogP contribution in [-0.2, 0) is 39.6 Å². The Kier molecular flexibility index (Phi) is 13.5. The van der Waals surface area contributed by atoms with Gasteiger partial charge in [0.25, 0.3) is 0 Å². The van der Waals surface area contributed by atoms with Gasteiger partial charge in [-0.25, -0.2) is 0 Å². The summed E-state index contributed by atoms with van der Waals surface area (Å²) < 4.78 is 29.0. The summed E-state index contributed by atoms with van der Waals surface area (Å²) in [6.45, 7) is 21.7. The van der Waals surface area contributed by atoms with Gasteiger partial charge in [-0.15, -0.1) is 24.8 Å². The molecule has 0 spiro atoms. The van der Waals surface area contributed by atoms with Crippen LogP contribution in [0.15, 0.2) is 42.4 Å². The first-order valence-electron chi connectivity index (χ1n) is 10.9. The molecule has 2 rings (SSSR count). The first kappa shape index (κ1) is 32.2. The normalized spacial score (nSPS) is 17.7. The van der Waals surface area contributed by atoms with Gasteiger partial charge in [-0.1, -0.05) is 0 Å². The summed E-state index contributed by atoms with van der Waals surface area (Å²) in [6, 6.07) is 0. The van der Waals surface area contributed by atoms with Crippen LogP contribution < -0.4 is 0 Å². The van der Waals surface area contributed by atoms with Crippen LogP contribution in [0, 0.1) is 0 Å². The first-order chi connectivity index (χ1) is 13.7. The van der Waals surface area contributed by atoms with Crippen molar-refractivity contribution in [2.45, 2.75) is 92.4 Å². The molecular weight excluding hydrogens is 559 g/mol. The minimum atomic E-state index is -2.04. The van der Waals surface area contributed by atoms with Crippen molar-refractivity contribution in [3.05, 3.63) is 42.4 Å². The molecule has 0 saturated heterocycles. The Bertz CT molecular complexity index is 742. The smallest absolute Gasteiger partial charge is 0.147 e. The molecule has 0 N–H and O–H groups in total. The van der Waals surface area contributed by atoms with Crippen LogP contribution in [0.3, 0.4) is 0 Å². The molecule has 0 saturated carbocycles. The van der Waals surface area contributed by atoms with Crippen molar-refractivity contribution in [2.24, 2.45) is 0 Å². The van der Waals surface area contributed by atoms with Gasteiger partial charge in [-0.2, -0.15) is 0 Å². The summed E-state index contributed by atoms with van der Waals surface area (Å²) in [6.07, 6.45) is 10.6. The van der Waals surface area contributed by atoms with Crippen molar-refractivity contribution in [1.82, 2.24) is 0 Å². The molecule has 32 heavy (non-hydrogen) atoms. The monoisotopic (exact) mass is 598 g/mol. The zero-order valence-electron chi connectivity index (χ0n) is 21.3. The van der Waals surface area contributed by atoms with Gasteiger partial charge in [0.05, 0.1) is 0 Å². The van der Waals surface area contributed by atoms with Crippen molar-refractivity contribution in [3.63, 3.8) is 0 Å². The van der Waals surface area contributed by atoms with E-state index in [9.17, 15) is 0 Å². The minimum absolute atomic E-state index is 0. The Hall–Kier alpha value is 0.247. The van der Waals surface area contributed by atoms with E-state index in [4.69, 9.17) is 18.3 Å². The quantitative estimate of drug-likeness (QED) is 0.193. The molecule has 0 aromatic rings. The number of ether oxygens (including phenoxy) is 2. The molecule has 0 bridgehead atoms. The van der Waals surface area contributed by atoms with Crippen molar-refractivity contribution in [3.8, 4) is 0 Å². The summed E-state index contributed by atoms with van der Waals surface area (Å²) in [5.41, 5.74) is 0. The maximum atomic E-state index is 6.08. The van der Waals surface area contributed by atoms with Crippen LogP contribution in [0.25, 0.3) is 0 Å². The predicted molar refractivity (Wildman–Crippen MR) is 142 cm³/mol. The molecule has 0 aromatic carbocycles. The van der Waals surface area contributed by atoms with Gasteiger partial charge in [0.15, 0.2) is 0 Å². The summed E-state index contributed by atoms with van der Waals surface area (Å²) in [5, 5.41) is 0.